The third kappa shape index (κ3) is 5.07. The molecule has 0 aliphatic carbocycles. The van der Waals surface area contributed by atoms with E-state index < -0.39 is 52.7 Å². The standard InChI is InChI=1S/C29H42N2O7Si2/c1-18(2)39(19(3)4)35-17-24-26(37-40(38-39,20(5)6)21(7)8)22(9)28(36-24)30-16-15-25(32)31(29(30)34)27(33)23-13-11-10-12-14-23/h10-16,18-21,24,26,28H,9,17H2,1-8H3/t24-,26+,28-/m1/s1. The molecule has 218 valence electrons. The number of hydrogen-bond donors (Lipinski definition) is 0. The summed E-state index contributed by atoms with van der Waals surface area (Å²) in [6.07, 6.45) is -0.709. The van der Waals surface area contributed by atoms with Gasteiger partial charge in [-0.25, -0.2) is 4.79 Å². The molecule has 4 rings (SSSR count). The van der Waals surface area contributed by atoms with Crippen LogP contribution in [0.15, 0.2) is 64.3 Å². The fourth-order valence-electron chi connectivity index (χ4n) is 5.92. The van der Waals surface area contributed by atoms with Crippen LogP contribution in [-0.4, -0.2) is 51.0 Å². The van der Waals surface area contributed by atoms with Gasteiger partial charge in [-0.3, -0.25) is 14.2 Å². The molecule has 9 nitrogen and oxygen atoms in total. The summed E-state index contributed by atoms with van der Waals surface area (Å²) in [5, 5.41) is 0. The van der Waals surface area contributed by atoms with Gasteiger partial charge in [-0.15, -0.1) is 0 Å². The summed E-state index contributed by atoms with van der Waals surface area (Å²) >= 11 is 0. The minimum atomic E-state index is -2.94. The second-order valence-corrected chi connectivity index (χ2v) is 20.8. The van der Waals surface area contributed by atoms with Gasteiger partial charge in [0.1, 0.15) is 12.2 Å². The van der Waals surface area contributed by atoms with Crippen molar-refractivity contribution in [1.29, 1.82) is 0 Å². The van der Waals surface area contributed by atoms with Crippen LogP contribution in [0.5, 0.6) is 0 Å². The highest BCUT2D eigenvalue weighted by molar-refractivity contribution is 6.84. The zero-order chi connectivity index (χ0) is 29.6. The van der Waals surface area contributed by atoms with Crippen molar-refractivity contribution in [2.24, 2.45) is 0 Å². The Morgan fingerprint density at radius 2 is 1.48 bits per heavy atom. The molecule has 2 aromatic rings. The molecule has 2 fully saturated rings. The third-order valence-corrected chi connectivity index (χ3v) is 18.4. The first-order valence-electron chi connectivity index (χ1n) is 14.1. The van der Waals surface area contributed by atoms with Gasteiger partial charge < -0.3 is 17.7 Å². The molecule has 40 heavy (non-hydrogen) atoms. The van der Waals surface area contributed by atoms with Crippen LogP contribution in [0, 0.1) is 0 Å². The Labute approximate surface area is 238 Å². The summed E-state index contributed by atoms with van der Waals surface area (Å²) in [6, 6.07) is 9.42. The first-order valence-corrected chi connectivity index (χ1v) is 18.0. The van der Waals surface area contributed by atoms with Gasteiger partial charge in [0.05, 0.1) is 6.61 Å². The Kier molecular flexibility index (Phi) is 8.75. The van der Waals surface area contributed by atoms with Crippen molar-refractivity contribution in [2.45, 2.75) is 96.0 Å². The van der Waals surface area contributed by atoms with Gasteiger partial charge in [-0.05, 0) is 34.3 Å². The highest BCUT2D eigenvalue weighted by Crippen LogP contribution is 2.49. The number of rotatable bonds is 6. The van der Waals surface area contributed by atoms with E-state index in [1.54, 1.807) is 30.3 Å². The van der Waals surface area contributed by atoms with Gasteiger partial charge in [0.15, 0.2) is 6.23 Å². The van der Waals surface area contributed by atoms with Crippen molar-refractivity contribution in [1.82, 2.24) is 9.13 Å². The number of hydrogen-bond acceptors (Lipinski definition) is 7. The maximum Gasteiger partial charge on any atom is 0.340 e. The summed E-state index contributed by atoms with van der Waals surface area (Å²) in [5.41, 5.74) is -0.192. The molecular formula is C29H42N2O7Si2. The molecule has 2 aliphatic heterocycles. The van der Waals surface area contributed by atoms with E-state index in [9.17, 15) is 14.4 Å². The predicted octanol–water partition coefficient (Wildman–Crippen LogP) is 5.11. The monoisotopic (exact) mass is 586 g/mol. The number of carbonyl (C=O) groups excluding carboxylic acids is 1. The van der Waals surface area contributed by atoms with E-state index in [0.29, 0.717) is 10.1 Å². The molecule has 0 bridgehead atoms. The lowest BCUT2D eigenvalue weighted by Gasteiger charge is -2.51. The highest BCUT2D eigenvalue weighted by atomic mass is 28.5. The molecule has 2 aliphatic rings. The normalized spacial score (nSPS) is 24.4. The number of fused-ring (bicyclic) bond motifs is 1. The number of benzene rings is 1. The van der Waals surface area contributed by atoms with E-state index in [1.807, 2.05) is 0 Å². The second-order valence-electron chi connectivity index (χ2n) is 12.0. The van der Waals surface area contributed by atoms with E-state index in [1.165, 1.54) is 16.8 Å². The van der Waals surface area contributed by atoms with E-state index >= 15 is 0 Å². The number of aromatic nitrogens is 2. The van der Waals surface area contributed by atoms with Crippen LogP contribution >= 0.6 is 0 Å². The van der Waals surface area contributed by atoms with Crippen LogP contribution < -0.4 is 11.2 Å². The Bertz CT molecular complexity index is 1350. The number of carbonyl (C=O) groups is 1. The van der Waals surface area contributed by atoms with Gasteiger partial charge in [-0.1, -0.05) is 80.2 Å². The lowest BCUT2D eigenvalue weighted by molar-refractivity contribution is -0.0563. The molecule has 0 saturated carbocycles. The van der Waals surface area contributed by atoms with Gasteiger partial charge in [0.25, 0.3) is 11.5 Å². The molecule has 0 N–H and O–H groups in total. The van der Waals surface area contributed by atoms with Gasteiger partial charge in [0.2, 0.25) is 0 Å². The average Bonchev–Trinajstić information content (AvgIpc) is 3.17. The molecule has 3 heterocycles. The minimum absolute atomic E-state index is 0.110. The summed E-state index contributed by atoms with van der Waals surface area (Å²) in [4.78, 5) is 39.4. The van der Waals surface area contributed by atoms with E-state index in [0.717, 1.165) is 0 Å². The zero-order valence-corrected chi connectivity index (χ0v) is 26.7. The Morgan fingerprint density at radius 1 is 0.900 bits per heavy atom. The molecule has 1 aromatic heterocycles. The summed E-state index contributed by atoms with van der Waals surface area (Å²) in [5.74, 6) is -0.705. The number of nitrogens with zero attached hydrogens (tertiary/aromatic N) is 2. The molecule has 0 amide bonds. The molecule has 2 saturated heterocycles. The first kappa shape index (κ1) is 30.5. The van der Waals surface area contributed by atoms with Crippen molar-refractivity contribution in [3.63, 3.8) is 0 Å². The highest BCUT2D eigenvalue weighted by Gasteiger charge is 2.60. The van der Waals surface area contributed by atoms with Crippen molar-refractivity contribution in [3.8, 4) is 0 Å². The lowest BCUT2D eigenvalue weighted by Crippen LogP contribution is -2.65. The molecule has 0 spiro atoms. The summed E-state index contributed by atoms with van der Waals surface area (Å²) in [7, 11) is -5.71. The van der Waals surface area contributed by atoms with E-state index in [-0.39, 0.29) is 34.3 Å². The van der Waals surface area contributed by atoms with E-state index in [4.69, 9.17) is 17.7 Å². The molecule has 3 atom stereocenters. The van der Waals surface area contributed by atoms with Gasteiger partial charge in [-0.2, -0.15) is 4.57 Å². The molecule has 0 unspecified atom stereocenters. The van der Waals surface area contributed by atoms with Crippen molar-refractivity contribution in [2.75, 3.05) is 6.61 Å². The summed E-state index contributed by atoms with van der Waals surface area (Å²) < 4.78 is 29.4. The zero-order valence-electron chi connectivity index (χ0n) is 24.7. The van der Waals surface area contributed by atoms with Crippen molar-refractivity contribution in [3.05, 3.63) is 81.1 Å². The molecule has 0 radical (unpaired) electrons. The first-order chi connectivity index (χ1) is 18.8. The van der Waals surface area contributed by atoms with Crippen LogP contribution in [0.2, 0.25) is 22.2 Å². The number of ether oxygens (including phenoxy) is 1. The quantitative estimate of drug-likeness (QED) is 0.343. The fourth-order valence-corrected chi connectivity index (χ4v) is 17.1. The Morgan fingerprint density at radius 3 is 2.02 bits per heavy atom. The maximum atomic E-state index is 13.6. The minimum Gasteiger partial charge on any atom is -0.414 e. The topological polar surface area (TPSA) is 98.0 Å². The maximum absolute atomic E-state index is 13.6. The van der Waals surface area contributed by atoms with Gasteiger partial charge in [0, 0.05) is 23.4 Å². The molecule has 1 aromatic carbocycles. The second kappa shape index (κ2) is 11.5. The summed E-state index contributed by atoms with van der Waals surface area (Å²) in [6.45, 7) is 21.6. The molecule has 11 heteroatoms. The van der Waals surface area contributed by atoms with Crippen LogP contribution in [0.25, 0.3) is 0 Å². The van der Waals surface area contributed by atoms with Crippen LogP contribution in [0.1, 0.15) is 72.0 Å². The largest absolute Gasteiger partial charge is 0.414 e. The lowest BCUT2D eigenvalue weighted by atomic mass is 10.1. The van der Waals surface area contributed by atoms with E-state index in [2.05, 4.69) is 62.0 Å². The third-order valence-electron chi connectivity index (χ3n) is 8.13. The van der Waals surface area contributed by atoms with Crippen molar-refractivity contribution < 1.29 is 22.5 Å². The average molecular weight is 587 g/mol. The SMILES string of the molecule is C=C1[C@H](n2ccc(=O)n(C(=O)c3ccccc3)c2=O)O[C@@H]2CO[Si](C(C)C)(C(C)C)O[Si](C(C)C)(C(C)C)O[C@@H]12. The smallest absolute Gasteiger partial charge is 0.340 e. The Balaban J connectivity index is 1.78. The fraction of sp³-hybridized carbons (Fsp3) is 0.552. The van der Waals surface area contributed by atoms with Crippen molar-refractivity contribution >= 4 is 23.0 Å². The van der Waals surface area contributed by atoms with Crippen LogP contribution in [0.4, 0.5) is 0 Å². The van der Waals surface area contributed by atoms with Gasteiger partial charge >= 0.3 is 22.8 Å². The van der Waals surface area contributed by atoms with Crippen LogP contribution in [0.3, 0.4) is 0 Å². The molecular weight excluding hydrogens is 544 g/mol. The predicted molar refractivity (Wildman–Crippen MR) is 158 cm³/mol. The Hall–Kier alpha value is -2.42. The van der Waals surface area contributed by atoms with Crippen LogP contribution in [-0.2, 0) is 17.7 Å².